The lowest BCUT2D eigenvalue weighted by Crippen LogP contribution is -2.40. The summed E-state index contributed by atoms with van der Waals surface area (Å²) < 4.78 is 1.75. The Kier molecular flexibility index (Phi) is 3.89. The maximum Gasteiger partial charge on any atom is 0.257 e. The van der Waals surface area contributed by atoms with E-state index in [1.54, 1.807) is 10.7 Å². The van der Waals surface area contributed by atoms with Crippen LogP contribution in [0.1, 0.15) is 29.0 Å². The van der Waals surface area contributed by atoms with Gasteiger partial charge in [0, 0.05) is 25.7 Å². The predicted molar refractivity (Wildman–Crippen MR) is 104 cm³/mol. The molecule has 1 N–H and O–H groups in total. The highest BCUT2D eigenvalue weighted by atomic mass is 16.2. The number of hydrogen-bond donors (Lipinski definition) is 1. The summed E-state index contributed by atoms with van der Waals surface area (Å²) in [6.07, 6.45) is 6.56. The molecule has 1 saturated heterocycles. The molecule has 4 heterocycles. The van der Waals surface area contributed by atoms with E-state index in [9.17, 15) is 4.79 Å². The largest absolute Gasteiger partial charge is 0.342 e. The number of aromatic nitrogens is 4. The SMILES string of the molecule is O=C(c1cnn2ccccc12)N1CCC[C@H](Cc2nc3ccccc3[nH]2)C1. The lowest BCUT2D eigenvalue weighted by molar-refractivity contribution is 0.0674. The Bertz CT molecular complexity index is 1080. The van der Waals surface area contributed by atoms with E-state index < -0.39 is 0 Å². The molecule has 0 spiro atoms. The Balaban J connectivity index is 1.33. The van der Waals surface area contributed by atoms with Crippen molar-refractivity contribution in [3.8, 4) is 0 Å². The molecule has 1 atom stereocenters. The number of piperidine rings is 1. The molecule has 3 aromatic heterocycles. The van der Waals surface area contributed by atoms with Gasteiger partial charge in [0.25, 0.3) is 5.91 Å². The molecule has 1 amide bonds. The maximum atomic E-state index is 13.1. The van der Waals surface area contributed by atoms with Crippen LogP contribution in [0, 0.1) is 5.92 Å². The first kappa shape index (κ1) is 16.1. The van der Waals surface area contributed by atoms with Crippen LogP contribution in [0.2, 0.25) is 0 Å². The normalized spacial score (nSPS) is 17.6. The summed E-state index contributed by atoms with van der Waals surface area (Å²) in [5, 5.41) is 4.30. The summed E-state index contributed by atoms with van der Waals surface area (Å²) in [6.45, 7) is 1.57. The van der Waals surface area contributed by atoms with Gasteiger partial charge in [0.1, 0.15) is 5.82 Å². The monoisotopic (exact) mass is 359 g/mol. The average Bonchev–Trinajstić information content (AvgIpc) is 3.31. The molecule has 6 nitrogen and oxygen atoms in total. The van der Waals surface area contributed by atoms with Crippen LogP contribution in [0.25, 0.3) is 16.6 Å². The highest BCUT2D eigenvalue weighted by Crippen LogP contribution is 2.23. The summed E-state index contributed by atoms with van der Waals surface area (Å²) in [5.74, 6) is 1.50. The third-order valence-corrected chi connectivity index (χ3v) is 5.38. The van der Waals surface area contributed by atoms with E-state index in [1.165, 1.54) is 0 Å². The van der Waals surface area contributed by atoms with Gasteiger partial charge in [0.15, 0.2) is 0 Å². The fraction of sp³-hybridized carbons (Fsp3) is 0.286. The van der Waals surface area contributed by atoms with Crippen LogP contribution in [-0.4, -0.2) is 43.5 Å². The molecule has 1 fully saturated rings. The minimum absolute atomic E-state index is 0.0745. The van der Waals surface area contributed by atoms with Crippen LogP contribution in [0.4, 0.5) is 0 Å². The summed E-state index contributed by atoms with van der Waals surface area (Å²) in [4.78, 5) is 23.1. The molecule has 6 heteroatoms. The fourth-order valence-corrected chi connectivity index (χ4v) is 4.06. The second-order valence-electron chi connectivity index (χ2n) is 7.25. The number of likely N-dealkylation sites (tertiary alicyclic amines) is 1. The van der Waals surface area contributed by atoms with E-state index in [1.807, 2.05) is 53.6 Å². The number of fused-ring (bicyclic) bond motifs is 2. The predicted octanol–water partition coefficient (Wildman–Crippen LogP) is 3.31. The van der Waals surface area contributed by atoms with Crippen LogP contribution in [0.5, 0.6) is 0 Å². The van der Waals surface area contributed by atoms with Gasteiger partial charge < -0.3 is 9.88 Å². The molecule has 0 saturated carbocycles. The molecule has 0 radical (unpaired) electrons. The van der Waals surface area contributed by atoms with Crippen molar-refractivity contribution in [2.75, 3.05) is 13.1 Å². The van der Waals surface area contributed by atoms with Crippen molar-refractivity contribution in [2.45, 2.75) is 19.3 Å². The molecule has 1 aliphatic rings. The smallest absolute Gasteiger partial charge is 0.257 e. The summed E-state index contributed by atoms with van der Waals surface area (Å²) >= 11 is 0. The van der Waals surface area contributed by atoms with Crippen LogP contribution in [0.3, 0.4) is 0 Å². The summed E-state index contributed by atoms with van der Waals surface area (Å²) in [5.41, 5.74) is 3.62. The van der Waals surface area contributed by atoms with Crippen molar-refractivity contribution in [3.05, 3.63) is 66.2 Å². The minimum Gasteiger partial charge on any atom is -0.342 e. The minimum atomic E-state index is 0.0745. The van der Waals surface area contributed by atoms with Gasteiger partial charge >= 0.3 is 0 Å². The van der Waals surface area contributed by atoms with E-state index in [0.29, 0.717) is 11.5 Å². The molecule has 1 aliphatic heterocycles. The molecule has 0 bridgehead atoms. The van der Waals surface area contributed by atoms with Crippen molar-refractivity contribution in [2.24, 2.45) is 5.92 Å². The van der Waals surface area contributed by atoms with Crippen molar-refractivity contribution < 1.29 is 4.79 Å². The quantitative estimate of drug-likeness (QED) is 0.610. The number of rotatable bonds is 3. The molecular formula is C21H21N5O. The highest BCUT2D eigenvalue weighted by molar-refractivity contribution is 6.00. The second kappa shape index (κ2) is 6.54. The molecule has 4 aromatic rings. The number of benzene rings is 1. The van der Waals surface area contributed by atoms with Gasteiger partial charge in [-0.05, 0) is 43.0 Å². The van der Waals surface area contributed by atoms with Crippen molar-refractivity contribution in [1.82, 2.24) is 24.5 Å². The van der Waals surface area contributed by atoms with E-state index in [4.69, 9.17) is 4.98 Å². The third kappa shape index (κ3) is 2.97. The zero-order valence-corrected chi connectivity index (χ0v) is 15.0. The van der Waals surface area contributed by atoms with Gasteiger partial charge in [0.05, 0.1) is 28.3 Å². The summed E-state index contributed by atoms with van der Waals surface area (Å²) in [6, 6.07) is 13.9. The number of para-hydroxylation sites is 2. The Labute approximate surface area is 156 Å². The second-order valence-corrected chi connectivity index (χ2v) is 7.25. The first-order valence-corrected chi connectivity index (χ1v) is 9.43. The number of hydrogen-bond acceptors (Lipinski definition) is 3. The Morgan fingerprint density at radius 2 is 2.07 bits per heavy atom. The molecular weight excluding hydrogens is 338 g/mol. The number of nitrogens with one attached hydrogen (secondary N) is 1. The number of H-pyrrole nitrogens is 1. The number of carbonyl (C=O) groups excluding carboxylic acids is 1. The zero-order valence-electron chi connectivity index (χ0n) is 15.0. The maximum absolute atomic E-state index is 13.1. The van der Waals surface area contributed by atoms with E-state index in [0.717, 1.165) is 54.7 Å². The van der Waals surface area contributed by atoms with Crippen molar-refractivity contribution in [3.63, 3.8) is 0 Å². The Morgan fingerprint density at radius 1 is 1.19 bits per heavy atom. The van der Waals surface area contributed by atoms with E-state index in [-0.39, 0.29) is 5.91 Å². The average molecular weight is 359 g/mol. The van der Waals surface area contributed by atoms with Crippen LogP contribution >= 0.6 is 0 Å². The van der Waals surface area contributed by atoms with Gasteiger partial charge in [-0.25, -0.2) is 9.50 Å². The van der Waals surface area contributed by atoms with Crippen LogP contribution < -0.4 is 0 Å². The van der Waals surface area contributed by atoms with Gasteiger partial charge in [-0.15, -0.1) is 0 Å². The number of aromatic amines is 1. The first-order valence-electron chi connectivity index (χ1n) is 9.43. The van der Waals surface area contributed by atoms with E-state index >= 15 is 0 Å². The summed E-state index contributed by atoms with van der Waals surface area (Å²) in [7, 11) is 0. The Hall–Kier alpha value is -3.15. The first-order chi connectivity index (χ1) is 13.3. The van der Waals surface area contributed by atoms with Crippen LogP contribution in [0.15, 0.2) is 54.9 Å². The topological polar surface area (TPSA) is 66.3 Å². The number of amides is 1. The number of pyridine rings is 1. The third-order valence-electron chi connectivity index (χ3n) is 5.38. The number of carbonyl (C=O) groups is 1. The standard InChI is InChI=1S/C21H21N5O/c27-21(16-13-22-26-11-4-3-9-19(16)26)25-10-5-6-15(14-25)12-20-23-17-7-1-2-8-18(17)24-20/h1-4,7-9,11,13,15H,5-6,10,12,14H2,(H,23,24)/t15-/m1/s1. The van der Waals surface area contributed by atoms with Gasteiger partial charge in [-0.3, -0.25) is 4.79 Å². The van der Waals surface area contributed by atoms with Crippen LogP contribution in [-0.2, 0) is 6.42 Å². The lowest BCUT2D eigenvalue weighted by Gasteiger charge is -2.32. The molecule has 136 valence electrons. The molecule has 1 aromatic carbocycles. The van der Waals surface area contributed by atoms with E-state index in [2.05, 4.69) is 10.1 Å². The Morgan fingerprint density at radius 3 is 3.00 bits per heavy atom. The molecule has 0 aliphatic carbocycles. The molecule has 27 heavy (non-hydrogen) atoms. The molecule has 5 rings (SSSR count). The zero-order chi connectivity index (χ0) is 18.2. The number of nitrogens with zero attached hydrogens (tertiary/aromatic N) is 4. The van der Waals surface area contributed by atoms with Crippen molar-refractivity contribution >= 4 is 22.5 Å². The lowest BCUT2D eigenvalue weighted by atomic mass is 9.94. The van der Waals surface area contributed by atoms with Gasteiger partial charge in [-0.1, -0.05) is 18.2 Å². The van der Waals surface area contributed by atoms with Gasteiger partial charge in [0.2, 0.25) is 0 Å². The van der Waals surface area contributed by atoms with Crippen molar-refractivity contribution in [1.29, 1.82) is 0 Å². The molecule has 0 unspecified atom stereocenters. The highest BCUT2D eigenvalue weighted by Gasteiger charge is 2.27. The number of imidazole rings is 1. The van der Waals surface area contributed by atoms with Gasteiger partial charge in [-0.2, -0.15) is 5.10 Å². The fourth-order valence-electron chi connectivity index (χ4n) is 4.06.